The lowest BCUT2D eigenvalue weighted by Gasteiger charge is -2.23. The van der Waals surface area contributed by atoms with E-state index in [0.717, 1.165) is 6.54 Å². The van der Waals surface area contributed by atoms with Gasteiger partial charge < -0.3 is 4.98 Å². The topological polar surface area (TPSA) is 36.1 Å². The van der Waals surface area contributed by atoms with Crippen LogP contribution in [0.1, 0.15) is 31.3 Å². The van der Waals surface area contributed by atoms with Gasteiger partial charge in [0.15, 0.2) is 5.78 Å². The predicted molar refractivity (Wildman–Crippen MR) is 57.5 cm³/mol. The minimum Gasteiger partial charge on any atom is -0.359 e. The summed E-state index contributed by atoms with van der Waals surface area (Å²) in [5, 5.41) is 0. The fourth-order valence-corrected chi connectivity index (χ4v) is 1.43. The van der Waals surface area contributed by atoms with E-state index in [9.17, 15) is 4.79 Å². The van der Waals surface area contributed by atoms with Crippen LogP contribution in [0.3, 0.4) is 0 Å². The lowest BCUT2D eigenvalue weighted by Crippen LogP contribution is -2.35. The molecule has 0 fully saturated rings. The molecule has 0 spiro atoms. The van der Waals surface area contributed by atoms with Crippen molar-refractivity contribution in [3.05, 3.63) is 24.0 Å². The molecule has 1 rings (SSSR count). The molecule has 0 radical (unpaired) electrons. The minimum absolute atomic E-state index is 0.158. The molecule has 1 aromatic rings. The van der Waals surface area contributed by atoms with Crippen molar-refractivity contribution in [1.82, 2.24) is 9.88 Å². The summed E-state index contributed by atoms with van der Waals surface area (Å²) in [6, 6.07) is 4.08. The maximum Gasteiger partial charge on any atom is 0.192 e. The van der Waals surface area contributed by atoms with E-state index in [4.69, 9.17) is 0 Å². The van der Waals surface area contributed by atoms with Crippen LogP contribution in [-0.2, 0) is 0 Å². The van der Waals surface area contributed by atoms with E-state index in [2.05, 4.69) is 30.7 Å². The standard InChI is InChI=1S/C11H18N2O/c1-4-13(9(2)3)8-11(14)10-6-5-7-12-10/h5-7,9,12H,4,8H2,1-3H3. The van der Waals surface area contributed by atoms with E-state index in [1.807, 2.05) is 12.1 Å². The second kappa shape index (κ2) is 4.96. The summed E-state index contributed by atoms with van der Waals surface area (Å²) in [6.07, 6.45) is 1.78. The van der Waals surface area contributed by atoms with Gasteiger partial charge in [0.2, 0.25) is 0 Å². The number of ketones is 1. The molecule has 3 heteroatoms. The van der Waals surface area contributed by atoms with E-state index in [-0.39, 0.29) is 5.78 Å². The first kappa shape index (κ1) is 11.0. The molecule has 0 aliphatic carbocycles. The molecule has 0 aliphatic heterocycles. The molecular formula is C11H18N2O. The Hall–Kier alpha value is -1.09. The molecule has 0 unspecified atom stereocenters. The lowest BCUT2D eigenvalue weighted by atomic mass is 10.2. The van der Waals surface area contributed by atoms with Crippen molar-refractivity contribution in [1.29, 1.82) is 0 Å². The van der Waals surface area contributed by atoms with Gasteiger partial charge >= 0.3 is 0 Å². The predicted octanol–water partition coefficient (Wildman–Crippen LogP) is 1.93. The number of likely N-dealkylation sites (N-methyl/N-ethyl adjacent to an activating group) is 1. The summed E-state index contributed by atoms with van der Waals surface area (Å²) >= 11 is 0. The number of nitrogens with zero attached hydrogens (tertiary/aromatic N) is 1. The average molecular weight is 194 g/mol. The molecule has 0 aromatic carbocycles. The molecule has 1 heterocycles. The van der Waals surface area contributed by atoms with Crippen LogP contribution in [0, 0.1) is 0 Å². The molecule has 0 saturated heterocycles. The van der Waals surface area contributed by atoms with Crippen LogP contribution in [0.5, 0.6) is 0 Å². The van der Waals surface area contributed by atoms with Gasteiger partial charge in [-0.2, -0.15) is 0 Å². The summed E-state index contributed by atoms with van der Waals surface area (Å²) in [5.41, 5.74) is 0.698. The van der Waals surface area contributed by atoms with Gasteiger partial charge in [-0.3, -0.25) is 9.69 Å². The Morgan fingerprint density at radius 3 is 2.71 bits per heavy atom. The Labute approximate surface area is 85.1 Å². The van der Waals surface area contributed by atoms with Gasteiger partial charge in [-0.15, -0.1) is 0 Å². The first-order chi connectivity index (χ1) is 6.65. The SMILES string of the molecule is CCN(CC(=O)c1ccc[nH]1)C(C)C. The number of hydrogen-bond donors (Lipinski definition) is 1. The van der Waals surface area contributed by atoms with Crippen LogP contribution in [0.4, 0.5) is 0 Å². The second-order valence-electron chi connectivity index (χ2n) is 3.66. The summed E-state index contributed by atoms with van der Waals surface area (Å²) in [7, 11) is 0. The van der Waals surface area contributed by atoms with Crippen LogP contribution in [0.15, 0.2) is 18.3 Å². The van der Waals surface area contributed by atoms with Crippen LogP contribution in [0.25, 0.3) is 0 Å². The molecule has 1 aromatic heterocycles. The first-order valence-corrected chi connectivity index (χ1v) is 5.05. The number of hydrogen-bond acceptors (Lipinski definition) is 2. The number of nitrogens with one attached hydrogen (secondary N) is 1. The van der Waals surface area contributed by atoms with Gasteiger partial charge in [-0.1, -0.05) is 6.92 Å². The number of rotatable bonds is 5. The van der Waals surface area contributed by atoms with Crippen molar-refractivity contribution < 1.29 is 4.79 Å². The van der Waals surface area contributed by atoms with Crippen molar-refractivity contribution in [2.75, 3.05) is 13.1 Å². The third-order valence-electron chi connectivity index (χ3n) is 2.38. The van der Waals surface area contributed by atoms with Gasteiger partial charge in [0.25, 0.3) is 0 Å². The third-order valence-corrected chi connectivity index (χ3v) is 2.38. The highest BCUT2D eigenvalue weighted by molar-refractivity contribution is 5.95. The zero-order valence-corrected chi connectivity index (χ0v) is 9.08. The van der Waals surface area contributed by atoms with Crippen molar-refractivity contribution >= 4 is 5.78 Å². The largest absolute Gasteiger partial charge is 0.359 e. The molecule has 3 nitrogen and oxygen atoms in total. The smallest absolute Gasteiger partial charge is 0.192 e. The van der Waals surface area contributed by atoms with E-state index in [1.165, 1.54) is 0 Å². The van der Waals surface area contributed by atoms with Gasteiger partial charge in [0, 0.05) is 12.2 Å². The zero-order chi connectivity index (χ0) is 10.6. The monoisotopic (exact) mass is 194 g/mol. The number of H-pyrrole nitrogens is 1. The summed E-state index contributed by atoms with van der Waals surface area (Å²) in [4.78, 5) is 16.8. The van der Waals surface area contributed by atoms with Crippen LogP contribution in [0.2, 0.25) is 0 Å². The van der Waals surface area contributed by atoms with Crippen molar-refractivity contribution in [3.8, 4) is 0 Å². The molecule has 0 bridgehead atoms. The Kier molecular flexibility index (Phi) is 3.89. The highest BCUT2D eigenvalue weighted by Crippen LogP contribution is 2.02. The van der Waals surface area contributed by atoms with Crippen LogP contribution >= 0.6 is 0 Å². The second-order valence-corrected chi connectivity index (χ2v) is 3.66. The zero-order valence-electron chi connectivity index (χ0n) is 9.08. The molecule has 1 N–H and O–H groups in total. The Balaban J connectivity index is 2.56. The highest BCUT2D eigenvalue weighted by atomic mass is 16.1. The molecule has 14 heavy (non-hydrogen) atoms. The van der Waals surface area contributed by atoms with Gasteiger partial charge in [-0.25, -0.2) is 0 Å². The number of aromatic amines is 1. The van der Waals surface area contributed by atoms with E-state index in [1.54, 1.807) is 6.20 Å². The Bertz CT molecular complexity index is 277. The Morgan fingerprint density at radius 1 is 1.57 bits per heavy atom. The molecular weight excluding hydrogens is 176 g/mol. The summed E-state index contributed by atoms with van der Waals surface area (Å²) in [6.45, 7) is 7.68. The molecule has 0 atom stereocenters. The summed E-state index contributed by atoms with van der Waals surface area (Å²) in [5.74, 6) is 0.158. The maximum atomic E-state index is 11.7. The molecule has 0 amide bonds. The molecule has 0 saturated carbocycles. The van der Waals surface area contributed by atoms with Crippen molar-refractivity contribution in [2.24, 2.45) is 0 Å². The minimum atomic E-state index is 0.158. The number of Topliss-reactive ketones (excluding diaryl/α,β-unsaturated/α-hetero) is 1. The molecule has 0 aliphatic rings. The average Bonchev–Trinajstić information content (AvgIpc) is 2.65. The number of carbonyl (C=O) groups is 1. The van der Waals surface area contributed by atoms with E-state index >= 15 is 0 Å². The van der Waals surface area contributed by atoms with Crippen molar-refractivity contribution in [3.63, 3.8) is 0 Å². The molecule has 78 valence electrons. The maximum absolute atomic E-state index is 11.7. The van der Waals surface area contributed by atoms with Crippen LogP contribution < -0.4 is 0 Å². The number of aromatic nitrogens is 1. The summed E-state index contributed by atoms with van der Waals surface area (Å²) < 4.78 is 0. The van der Waals surface area contributed by atoms with Gasteiger partial charge in [0.05, 0.1) is 12.2 Å². The first-order valence-electron chi connectivity index (χ1n) is 5.05. The quantitative estimate of drug-likeness (QED) is 0.727. The highest BCUT2D eigenvalue weighted by Gasteiger charge is 2.13. The number of carbonyl (C=O) groups excluding carboxylic acids is 1. The van der Waals surface area contributed by atoms with Gasteiger partial charge in [-0.05, 0) is 32.5 Å². The normalized spacial score (nSPS) is 11.2. The third kappa shape index (κ3) is 2.70. The van der Waals surface area contributed by atoms with E-state index in [0.29, 0.717) is 18.3 Å². The van der Waals surface area contributed by atoms with E-state index < -0.39 is 0 Å². The fourth-order valence-electron chi connectivity index (χ4n) is 1.43. The Morgan fingerprint density at radius 2 is 2.29 bits per heavy atom. The van der Waals surface area contributed by atoms with Crippen molar-refractivity contribution in [2.45, 2.75) is 26.8 Å². The fraction of sp³-hybridized carbons (Fsp3) is 0.545. The van der Waals surface area contributed by atoms with Gasteiger partial charge in [0.1, 0.15) is 0 Å². The lowest BCUT2D eigenvalue weighted by molar-refractivity contribution is 0.0907. The van der Waals surface area contributed by atoms with Crippen LogP contribution in [-0.4, -0.2) is 34.8 Å².